The highest BCUT2D eigenvalue weighted by Crippen LogP contribution is 2.37. The van der Waals surface area contributed by atoms with E-state index in [1.54, 1.807) is 6.92 Å². The molecule has 1 aromatic rings. The largest absolute Gasteiger partial charge is 0.573 e. The number of ether oxygens (including phenoxy) is 2. The fourth-order valence-corrected chi connectivity index (χ4v) is 1.76. The molecule has 1 aromatic heterocycles. The van der Waals surface area contributed by atoms with Crippen molar-refractivity contribution in [1.29, 1.82) is 0 Å². The van der Waals surface area contributed by atoms with Crippen molar-refractivity contribution < 1.29 is 32.5 Å². The van der Waals surface area contributed by atoms with Crippen LogP contribution in [-0.2, 0) is 21.3 Å². The molecule has 0 saturated heterocycles. The zero-order valence-corrected chi connectivity index (χ0v) is 11.9. The number of aromatic hydroxyl groups is 1. The van der Waals surface area contributed by atoms with Gasteiger partial charge in [0.2, 0.25) is 0 Å². The summed E-state index contributed by atoms with van der Waals surface area (Å²) < 4.78 is 45.3. The molecule has 0 aromatic carbocycles. The average Bonchev–Trinajstić information content (AvgIpc) is 2.33. The van der Waals surface area contributed by atoms with E-state index in [0.29, 0.717) is 0 Å². The smallest absolute Gasteiger partial charge is 0.503 e. The highest BCUT2D eigenvalue weighted by molar-refractivity contribution is 9.08. The fraction of sp³-hybridized carbons (Fsp3) is 0.455. The molecule has 0 aliphatic carbocycles. The van der Waals surface area contributed by atoms with Crippen molar-refractivity contribution >= 4 is 21.9 Å². The molecule has 1 N–H and O–H groups in total. The standard InChI is InChI=1S/C11H11BrF3NO4/c1-2-19-8(17)3-7-9(18)10(20-11(13,14)15)6(4-12)5-16-7/h5,18H,2-4H2,1H3. The molecule has 20 heavy (non-hydrogen) atoms. The van der Waals surface area contributed by atoms with Crippen molar-refractivity contribution in [2.45, 2.75) is 25.0 Å². The van der Waals surface area contributed by atoms with E-state index in [9.17, 15) is 23.1 Å². The second-order valence-electron chi connectivity index (χ2n) is 3.57. The molecular formula is C11H11BrF3NO4. The minimum Gasteiger partial charge on any atom is -0.503 e. The van der Waals surface area contributed by atoms with Crippen molar-refractivity contribution in [3.8, 4) is 11.5 Å². The van der Waals surface area contributed by atoms with Crippen molar-refractivity contribution in [2.75, 3.05) is 6.61 Å². The van der Waals surface area contributed by atoms with Gasteiger partial charge < -0.3 is 14.6 Å². The molecule has 0 saturated carbocycles. The minimum atomic E-state index is -4.96. The molecule has 0 radical (unpaired) electrons. The Bertz CT molecular complexity index is 493. The van der Waals surface area contributed by atoms with Crippen LogP contribution in [-0.4, -0.2) is 29.0 Å². The number of alkyl halides is 4. The highest BCUT2D eigenvalue weighted by Gasteiger charge is 2.34. The highest BCUT2D eigenvalue weighted by atomic mass is 79.9. The van der Waals surface area contributed by atoms with E-state index in [0.717, 1.165) is 6.20 Å². The van der Waals surface area contributed by atoms with Gasteiger partial charge in [0.15, 0.2) is 11.5 Å². The quantitative estimate of drug-likeness (QED) is 0.648. The Morgan fingerprint density at radius 3 is 2.65 bits per heavy atom. The van der Waals surface area contributed by atoms with Crippen molar-refractivity contribution in [2.24, 2.45) is 0 Å². The summed E-state index contributed by atoms with van der Waals surface area (Å²) in [5.74, 6) is -2.31. The Morgan fingerprint density at radius 2 is 2.15 bits per heavy atom. The first-order valence-corrected chi connectivity index (χ1v) is 6.57. The Labute approximate surface area is 120 Å². The first-order chi connectivity index (χ1) is 9.28. The van der Waals surface area contributed by atoms with Crippen LogP contribution < -0.4 is 4.74 Å². The normalized spacial score (nSPS) is 11.2. The number of carbonyl (C=O) groups excluding carboxylic acids is 1. The lowest BCUT2D eigenvalue weighted by Gasteiger charge is -2.15. The lowest BCUT2D eigenvalue weighted by Crippen LogP contribution is -2.19. The molecule has 0 unspecified atom stereocenters. The predicted molar refractivity (Wildman–Crippen MR) is 65.6 cm³/mol. The number of rotatable bonds is 5. The maximum absolute atomic E-state index is 12.3. The Kier molecular flexibility index (Phi) is 5.61. The summed E-state index contributed by atoms with van der Waals surface area (Å²) in [6.07, 6.45) is -4.32. The summed E-state index contributed by atoms with van der Waals surface area (Å²) in [5, 5.41) is 9.76. The van der Waals surface area contributed by atoms with E-state index in [2.05, 4.69) is 30.4 Å². The Hall–Kier alpha value is -1.51. The van der Waals surface area contributed by atoms with Crippen LogP contribution >= 0.6 is 15.9 Å². The van der Waals surface area contributed by atoms with Crippen molar-refractivity contribution in [1.82, 2.24) is 4.98 Å². The third-order valence-electron chi connectivity index (χ3n) is 2.14. The SMILES string of the molecule is CCOC(=O)Cc1ncc(CBr)c(OC(F)(F)F)c1O. The molecule has 0 amide bonds. The van der Waals surface area contributed by atoms with Gasteiger partial charge in [-0.05, 0) is 6.92 Å². The zero-order chi connectivity index (χ0) is 15.3. The molecule has 1 rings (SSSR count). The molecule has 0 atom stereocenters. The molecule has 112 valence electrons. The van der Waals surface area contributed by atoms with E-state index in [4.69, 9.17) is 0 Å². The van der Waals surface area contributed by atoms with Crippen molar-refractivity contribution in [3.05, 3.63) is 17.5 Å². The van der Waals surface area contributed by atoms with Crippen LogP contribution in [0.4, 0.5) is 13.2 Å². The summed E-state index contributed by atoms with van der Waals surface area (Å²) in [7, 11) is 0. The molecular weight excluding hydrogens is 347 g/mol. The molecule has 0 aliphatic heterocycles. The first-order valence-electron chi connectivity index (χ1n) is 5.45. The van der Waals surface area contributed by atoms with E-state index >= 15 is 0 Å². The van der Waals surface area contributed by atoms with Crippen LogP contribution in [0.5, 0.6) is 11.5 Å². The summed E-state index contributed by atoms with van der Waals surface area (Å²) in [6.45, 7) is 1.70. The number of nitrogens with zero attached hydrogens (tertiary/aromatic N) is 1. The molecule has 1 heterocycles. The monoisotopic (exact) mass is 357 g/mol. The van der Waals surface area contributed by atoms with E-state index in [1.807, 2.05) is 0 Å². The van der Waals surface area contributed by atoms with E-state index in [-0.39, 0.29) is 23.2 Å². The van der Waals surface area contributed by atoms with Gasteiger partial charge in [0.25, 0.3) is 0 Å². The van der Waals surface area contributed by atoms with Crippen LogP contribution in [0, 0.1) is 0 Å². The van der Waals surface area contributed by atoms with Gasteiger partial charge in [-0.25, -0.2) is 0 Å². The number of hydrogen-bond donors (Lipinski definition) is 1. The van der Waals surface area contributed by atoms with Gasteiger partial charge in [0.1, 0.15) is 0 Å². The number of halogens is 4. The maximum atomic E-state index is 12.3. The van der Waals surface area contributed by atoms with Gasteiger partial charge >= 0.3 is 12.3 Å². The third-order valence-corrected chi connectivity index (χ3v) is 2.74. The fourth-order valence-electron chi connectivity index (χ4n) is 1.36. The topological polar surface area (TPSA) is 68.7 Å². The lowest BCUT2D eigenvalue weighted by atomic mass is 10.2. The van der Waals surface area contributed by atoms with Crippen LogP contribution in [0.2, 0.25) is 0 Å². The number of hydrogen-bond acceptors (Lipinski definition) is 5. The molecule has 0 aliphatic rings. The van der Waals surface area contributed by atoms with Gasteiger partial charge in [0.05, 0.1) is 18.7 Å². The van der Waals surface area contributed by atoms with E-state index in [1.165, 1.54) is 0 Å². The minimum absolute atomic E-state index is 0.00133. The van der Waals surface area contributed by atoms with Crippen LogP contribution in [0.1, 0.15) is 18.2 Å². The third kappa shape index (κ3) is 4.55. The Balaban J connectivity index is 3.11. The number of esters is 1. The summed E-state index contributed by atoms with van der Waals surface area (Å²) >= 11 is 2.96. The molecule has 5 nitrogen and oxygen atoms in total. The molecule has 0 fully saturated rings. The maximum Gasteiger partial charge on any atom is 0.573 e. The van der Waals surface area contributed by atoms with Crippen LogP contribution in [0.25, 0.3) is 0 Å². The van der Waals surface area contributed by atoms with Gasteiger partial charge in [0, 0.05) is 17.1 Å². The van der Waals surface area contributed by atoms with Crippen molar-refractivity contribution in [3.63, 3.8) is 0 Å². The second-order valence-corrected chi connectivity index (χ2v) is 4.13. The lowest BCUT2D eigenvalue weighted by molar-refractivity contribution is -0.275. The number of pyridine rings is 1. The van der Waals surface area contributed by atoms with Gasteiger partial charge in [-0.15, -0.1) is 13.2 Å². The summed E-state index contributed by atoms with van der Waals surface area (Å²) in [6, 6.07) is 0. The summed E-state index contributed by atoms with van der Waals surface area (Å²) in [4.78, 5) is 15.0. The van der Waals surface area contributed by atoms with Gasteiger partial charge in [-0.1, -0.05) is 15.9 Å². The van der Waals surface area contributed by atoms with Crippen LogP contribution in [0.15, 0.2) is 6.20 Å². The average molecular weight is 358 g/mol. The van der Waals surface area contributed by atoms with Crippen LogP contribution in [0.3, 0.4) is 0 Å². The second kappa shape index (κ2) is 6.78. The predicted octanol–water partition coefficient (Wildman–Crippen LogP) is 2.69. The number of aromatic nitrogens is 1. The first kappa shape index (κ1) is 16.5. The number of carbonyl (C=O) groups is 1. The summed E-state index contributed by atoms with van der Waals surface area (Å²) in [5.41, 5.74) is -0.236. The molecule has 9 heteroatoms. The molecule has 0 bridgehead atoms. The Morgan fingerprint density at radius 1 is 1.50 bits per heavy atom. The van der Waals surface area contributed by atoms with E-state index < -0.39 is 30.3 Å². The van der Waals surface area contributed by atoms with Gasteiger partial charge in [-0.3, -0.25) is 9.78 Å². The van der Waals surface area contributed by atoms with Gasteiger partial charge in [-0.2, -0.15) is 0 Å². The zero-order valence-electron chi connectivity index (χ0n) is 10.3. The molecule has 0 spiro atoms.